The van der Waals surface area contributed by atoms with Crippen molar-refractivity contribution in [2.24, 2.45) is 0 Å². The molecule has 0 bridgehead atoms. The third kappa shape index (κ3) is 0.807. The molecule has 0 amide bonds. The van der Waals surface area contributed by atoms with Crippen LogP contribution in [0.2, 0.25) is 0 Å². The van der Waals surface area contributed by atoms with Crippen molar-refractivity contribution in [1.82, 2.24) is 4.72 Å². The lowest BCUT2D eigenvalue weighted by Gasteiger charge is -2.25. The number of hydrogen-bond donors (Lipinski definition) is 1. The van der Waals surface area contributed by atoms with Gasteiger partial charge in [0.2, 0.25) is 0 Å². The molecule has 3 rings (SSSR count). The molecule has 0 aliphatic carbocycles. The van der Waals surface area contributed by atoms with Crippen molar-refractivity contribution in [3.8, 4) is 0 Å². The Morgan fingerprint density at radius 3 is 3.25 bits per heavy atom. The Kier molecular flexibility index (Phi) is 1.36. The van der Waals surface area contributed by atoms with E-state index < -0.39 is 0 Å². The first-order chi connectivity index (χ1) is 5.95. The lowest BCUT2D eigenvalue weighted by molar-refractivity contribution is 0.938. The van der Waals surface area contributed by atoms with Crippen molar-refractivity contribution < 1.29 is 0 Å². The van der Waals surface area contributed by atoms with Gasteiger partial charge >= 0.3 is 0 Å². The number of anilines is 1. The summed E-state index contributed by atoms with van der Waals surface area (Å²) < 4.78 is 5.67. The van der Waals surface area contributed by atoms with Crippen LogP contribution in [0.5, 0.6) is 0 Å². The van der Waals surface area contributed by atoms with Gasteiger partial charge in [0.05, 0.1) is 5.69 Å². The third-order valence-electron chi connectivity index (χ3n) is 2.47. The van der Waals surface area contributed by atoms with E-state index in [0.717, 1.165) is 13.1 Å². The highest BCUT2D eigenvalue weighted by atomic mass is 32.2. The van der Waals surface area contributed by atoms with Gasteiger partial charge in [0.25, 0.3) is 0 Å². The molecule has 2 nitrogen and oxygen atoms in total. The Morgan fingerprint density at radius 1 is 1.33 bits per heavy atom. The summed E-state index contributed by atoms with van der Waals surface area (Å²) >= 11 is 1.74. The molecule has 0 spiro atoms. The van der Waals surface area contributed by atoms with Crippen LogP contribution in [-0.4, -0.2) is 6.54 Å². The van der Waals surface area contributed by atoms with Crippen molar-refractivity contribution in [1.29, 1.82) is 0 Å². The highest BCUT2D eigenvalue weighted by Crippen LogP contribution is 2.38. The predicted molar refractivity (Wildman–Crippen MR) is 51.9 cm³/mol. The van der Waals surface area contributed by atoms with E-state index in [2.05, 4.69) is 27.2 Å². The summed E-state index contributed by atoms with van der Waals surface area (Å²) in [7, 11) is 0. The molecule has 0 unspecified atom stereocenters. The van der Waals surface area contributed by atoms with E-state index in [1.807, 2.05) is 0 Å². The normalized spacial score (nSPS) is 19.5. The average Bonchev–Trinajstić information content (AvgIpc) is 2.52. The van der Waals surface area contributed by atoms with Crippen LogP contribution in [0, 0.1) is 0 Å². The molecule has 12 heavy (non-hydrogen) atoms. The van der Waals surface area contributed by atoms with E-state index >= 15 is 0 Å². The smallest absolute Gasteiger partial charge is 0.0560 e. The minimum absolute atomic E-state index is 1.00. The second-order valence-corrected chi connectivity index (χ2v) is 4.10. The molecule has 3 heteroatoms. The van der Waals surface area contributed by atoms with Crippen molar-refractivity contribution in [2.75, 3.05) is 10.8 Å². The lowest BCUT2D eigenvalue weighted by atomic mass is 10.1. The first-order valence-electron chi connectivity index (χ1n) is 4.23. The first-order valence-corrected chi connectivity index (χ1v) is 5.00. The maximum atomic E-state index is 3.32. The fourth-order valence-corrected chi connectivity index (χ4v) is 2.81. The molecule has 0 saturated carbocycles. The fourth-order valence-electron chi connectivity index (χ4n) is 1.92. The maximum absolute atomic E-state index is 3.32. The Balaban J connectivity index is 2.23. The summed E-state index contributed by atoms with van der Waals surface area (Å²) in [5, 5.41) is 0. The Morgan fingerprint density at radius 2 is 2.25 bits per heavy atom. The molecular formula is C9H10N2S. The van der Waals surface area contributed by atoms with E-state index in [0.29, 0.717) is 0 Å². The minimum atomic E-state index is 1.00. The van der Waals surface area contributed by atoms with Gasteiger partial charge in [-0.2, -0.15) is 0 Å². The van der Waals surface area contributed by atoms with E-state index in [1.54, 1.807) is 12.1 Å². The summed E-state index contributed by atoms with van der Waals surface area (Å²) in [6.45, 7) is 2.16. The molecule has 1 aromatic rings. The first kappa shape index (κ1) is 6.80. The molecule has 0 radical (unpaired) electrons. The van der Waals surface area contributed by atoms with E-state index in [9.17, 15) is 0 Å². The summed E-state index contributed by atoms with van der Waals surface area (Å²) in [6, 6.07) is 6.62. The highest BCUT2D eigenvalue weighted by Gasteiger charge is 2.25. The molecule has 62 valence electrons. The van der Waals surface area contributed by atoms with Crippen molar-refractivity contribution in [3.63, 3.8) is 0 Å². The lowest BCUT2D eigenvalue weighted by Crippen LogP contribution is -2.24. The van der Waals surface area contributed by atoms with Gasteiger partial charge in [-0.3, -0.25) is 0 Å². The maximum Gasteiger partial charge on any atom is 0.0560 e. The number of hydrogen-bond acceptors (Lipinski definition) is 3. The van der Waals surface area contributed by atoms with Gasteiger partial charge in [-0.15, -0.1) is 0 Å². The SMILES string of the molecule is c1cc2c3c(c1)CNSN3CC2. The summed E-state index contributed by atoms with van der Waals surface area (Å²) in [6.07, 6.45) is 1.21. The second-order valence-electron chi connectivity index (χ2n) is 3.19. The fraction of sp³-hybridized carbons (Fsp3) is 0.333. The Bertz CT molecular complexity index is 324. The van der Waals surface area contributed by atoms with Crippen LogP contribution in [0.25, 0.3) is 0 Å². The zero-order valence-electron chi connectivity index (χ0n) is 6.71. The number of nitrogens with one attached hydrogen (secondary N) is 1. The number of nitrogens with zero attached hydrogens (tertiary/aromatic N) is 1. The zero-order chi connectivity index (χ0) is 7.97. The van der Waals surface area contributed by atoms with Crippen molar-refractivity contribution >= 4 is 17.8 Å². The van der Waals surface area contributed by atoms with Crippen LogP contribution < -0.4 is 9.03 Å². The topological polar surface area (TPSA) is 15.3 Å². The van der Waals surface area contributed by atoms with Crippen LogP contribution in [0.3, 0.4) is 0 Å². The van der Waals surface area contributed by atoms with E-state index in [-0.39, 0.29) is 0 Å². The van der Waals surface area contributed by atoms with Gasteiger partial charge in [-0.25, -0.2) is 4.72 Å². The van der Waals surface area contributed by atoms with Crippen molar-refractivity contribution in [3.05, 3.63) is 29.3 Å². The van der Waals surface area contributed by atoms with Crippen LogP contribution in [-0.2, 0) is 13.0 Å². The average molecular weight is 178 g/mol. The summed E-state index contributed by atoms with van der Waals surface area (Å²) in [4.78, 5) is 0. The Labute approximate surface area is 76.2 Å². The number of rotatable bonds is 0. The second kappa shape index (κ2) is 2.41. The molecule has 0 atom stereocenters. The molecule has 2 heterocycles. The molecule has 1 N–H and O–H groups in total. The molecule has 0 fully saturated rings. The monoisotopic (exact) mass is 178 g/mol. The van der Waals surface area contributed by atoms with Gasteiger partial charge in [0, 0.05) is 25.2 Å². The van der Waals surface area contributed by atoms with Gasteiger partial charge in [0.15, 0.2) is 0 Å². The molecule has 0 aromatic heterocycles. The van der Waals surface area contributed by atoms with Gasteiger partial charge in [0.1, 0.15) is 0 Å². The molecule has 0 saturated heterocycles. The van der Waals surface area contributed by atoms with E-state index in [1.165, 1.54) is 23.2 Å². The van der Waals surface area contributed by atoms with Gasteiger partial charge in [-0.05, 0) is 17.5 Å². The van der Waals surface area contributed by atoms with Crippen molar-refractivity contribution in [2.45, 2.75) is 13.0 Å². The standard InChI is InChI=1S/C9H10N2S/c1-2-7-4-5-11-9(7)8(3-1)6-10-12-11/h1-3,10H,4-6H2. The predicted octanol–water partition coefficient (Wildman–Crippen LogP) is 1.72. The van der Waals surface area contributed by atoms with Gasteiger partial charge in [-0.1, -0.05) is 18.2 Å². The van der Waals surface area contributed by atoms with E-state index in [4.69, 9.17) is 0 Å². The number of benzene rings is 1. The zero-order valence-corrected chi connectivity index (χ0v) is 7.53. The summed E-state index contributed by atoms with van der Waals surface area (Å²) in [5.74, 6) is 0. The largest absolute Gasteiger partial charge is 0.302 e. The van der Waals surface area contributed by atoms with Gasteiger partial charge < -0.3 is 4.31 Å². The van der Waals surface area contributed by atoms with Crippen LogP contribution in [0.15, 0.2) is 18.2 Å². The molecule has 2 aliphatic heterocycles. The summed E-state index contributed by atoms with van der Waals surface area (Å²) in [5.41, 5.74) is 4.44. The van der Waals surface area contributed by atoms with Crippen LogP contribution >= 0.6 is 12.1 Å². The Hall–Kier alpha value is -0.670. The third-order valence-corrected chi connectivity index (χ3v) is 3.33. The quantitative estimate of drug-likeness (QED) is 0.609. The molecular weight excluding hydrogens is 168 g/mol. The molecule has 1 aromatic carbocycles. The van der Waals surface area contributed by atoms with Crippen LogP contribution in [0.1, 0.15) is 11.1 Å². The van der Waals surface area contributed by atoms with Crippen LogP contribution in [0.4, 0.5) is 5.69 Å². The molecule has 2 aliphatic rings. The number of para-hydroxylation sites is 1. The highest BCUT2D eigenvalue weighted by molar-refractivity contribution is 7.98. The minimum Gasteiger partial charge on any atom is -0.302 e.